The van der Waals surface area contributed by atoms with Crippen LogP contribution < -0.4 is 11.1 Å². The molecule has 0 aromatic carbocycles. The average Bonchev–Trinajstić information content (AvgIpc) is 3.18. The molecule has 0 saturated carbocycles. The van der Waals surface area contributed by atoms with E-state index in [1.165, 1.54) is 11.0 Å². The third-order valence-corrected chi connectivity index (χ3v) is 3.22. The first-order valence-electron chi connectivity index (χ1n) is 7.75. The number of aromatic nitrogens is 6. The van der Waals surface area contributed by atoms with Crippen molar-refractivity contribution in [3.63, 3.8) is 0 Å². The summed E-state index contributed by atoms with van der Waals surface area (Å²) in [5.74, 6) is -3.79. The van der Waals surface area contributed by atoms with Gasteiger partial charge in [0.2, 0.25) is 0 Å². The summed E-state index contributed by atoms with van der Waals surface area (Å²) in [6, 6.07) is 0. The molecule has 0 atom stereocenters. The number of hydrogen-bond donors (Lipinski definition) is 2. The van der Waals surface area contributed by atoms with Crippen LogP contribution in [0.5, 0.6) is 0 Å². The van der Waals surface area contributed by atoms with E-state index in [9.17, 15) is 17.6 Å². The molecule has 0 spiro atoms. The van der Waals surface area contributed by atoms with Crippen molar-refractivity contribution in [2.24, 2.45) is 10.7 Å². The van der Waals surface area contributed by atoms with Crippen LogP contribution in [0.3, 0.4) is 0 Å². The van der Waals surface area contributed by atoms with Crippen LogP contribution in [0.1, 0.15) is 18.7 Å². The minimum absolute atomic E-state index is 0.179. The zero-order valence-electron chi connectivity index (χ0n) is 14.0. The molecule has 0 bridgehead atoms. The Hall–Kier alpha value is -2.73. The highest BCUT2D eigenvalue weighted by molar-refractivity contribution is 5.91. The SMILES string of the molecule is Cc1ncn(CCCCn2ncc(N/C(N)=N\CC(F)(F)C(F)F)n2)n1. The molecule has 144 valence electrons. The van der Waals surface area contributed by atoms with Crippen LogP contribution in [-0.2, 0) is 13.1 Å². The van der Waals surface area contributed by atoms with Gasteiger partial charge in [-0.2, -0.15) is 23.8 Å². The molecule has 26 heavy (non-hydrogen) atoms. The van der Waals surface area contributed by atoms with E-state index in [1.807, 2.05) is 6.92 Å². The number of halogens is 4. The van der Waals surface area contributed by atoms with Gasteiger partial charge in [0.05, 0.1) is 12.7 Å². The summed E-state index contributed by atoms with van der Waals surface area (Å²) < 4.78 is 51.3. The Morgan fingerprint density at radius 2 is 2.04 bits per heavy atom. The van der Waals surface area contributed by atoms with Gasteiger partial charge in [-0.1, -0.05) is 0 Å². The Balaban J connectivity index is 1.74. The molecule has 0 radical (unpaired) electrons. The van der Waals surface area contributed by atoms with E-state index in [0.29, 0.717) is 18.9 Å². The van der Waals surface area contributed by atoms with Gasteiger partial charge >= 0.3 is 12.3 Å². The van der Waals surface area contributed by atoms with Crippen molar-refractivity contribution < 1.29 is 17.6 Å². The van der Waals surface area contributed by atoms with Crippen molar-refractivity contribution in [3.8, 4) is 0 Å². The van der Waals surface area contributed by atoms with Crippen molar-refractivity contribution in [2.45, 2.75) is 45.2 Å². The second kappa shape index (κ2) is 8.58. The van der Waals surface area contributed by atoms with Crippen LogP contribution in [0.25, 0.3) is 0 Å². The van der Waals surface area contributed by atoms with E-state index in [-0.39, 0.29) is 5.82 Å². The molecular weight excluding hydrogens is 358 g/mol. The van der Waals surface area contributed by atoms with Crippen LogP contribution in [0.4, 0.5) is 23.4 Å². The summed E-state index contributed by atoms with van der Waals surface area (Å²) in [7, 11) is 0. The Kier molecular flexibility index (Phi) is 6.46. The van der Waals surface area contributed by atoms with E-state index >= 15 is 0 Å². The van der Waals surface area contributed by atoms with E-state index < -0.39 is 24.9 Å². The molecule has 2 aromatic heterocycles. The lowest BCUT2D eigenvalue weighted by Crippen LogP contribution is -2.32. The number of aliphatic imine (C=N–C) groups is 1. The maximum atomic E-state index is 12.8. The minimum atomic E-state index is -4.23. The summed E-state index contributed by atoms with van der Waals surface area (Å²) in [6.07, 6.45) is 0.787. The van der Waals surface area contributed by atoms with Crippen LogP contribution in [0, 0.1) is 6.92 Å². The quantitative estimate of drug-likeness (QED) is 0.295. The predicted octanol–water partition coefficient (Wildman–Crippen LogP) is 1.29. The van der Waals surface area contributed by atoms with Crippen molar-refractivity contribution in [3.05, 3.63) is 18.3 Å². The molecule has 0 fully saturated rings. The molecule has 0 aliphatic rings. The van der Waals surface area contributed by atoms with Gasteiger partial charge in [0.25, 0.3) is 0 Å². The number of hydrogen-bond acceptors (Lipinski definition) is 5. The van der Waals surface area contributed by atoms with Crippen LogP contribution >= 0.6 is 0 Å². The lowest BCUT2D eigenvalue weighted by molar-refractivity contribution is -0.119. The van der Waals surface area contributed by atoms with Crippen molar-refractivity contribution in [1.29, 1.82) is 0 Å². The second-order valence-electron chi connectivity index (χ2n) is 5.48. The topological polar surface area (TPSA) is 112 Å². The number of unbranched alkanes of at least 4 members (excludes halogenated alkanes) is 1. The number of nitrogens with zero attached hydrogens (tertiary/aromatic N) is 7. The fraction of sp³-hybridized carbons (Fsp3) is 0.615. The Labute approximate surface area is 146 Å². The molecular formula is C13H19F4N9. The van der Waals surface area contributed by atoms with Crippen LogP contribution in [0.15, 0.2) is 17.5 Å². The van der Waals surface area contributed by atoms with Crippen molar-refractivity contribution in [1.82, 2.24) is 29.8 Å². The smallest absolute Gasteiger partial charge is 0.326 e. The number of nitrogens with two attached hydrogens (primary N) is 1. The zero-order valence-corrected chi connectivity index (χ0v) is 14.0. The summed E-state index contributed by atoms with van der Waals surface area (Å²) in [6.45, 7) is 1.63. The number of alkyl halides is 4. The summed E-state index contributed by atoms with van der Waals surface area (Å²) >= 11 is 0. The zero-order chi connectivity index (χ0) is 19.2. The Bertz CT molecular complexity index is 725. The van der Waals surface area contributed by atoms with Gasteiger partial charge in [-0.05, 0) is 19.8 Å². The first-order chi connectivity index (χ1) is 12.3. The van der Waals surface area contributed by atoms with E-state index in [4.69, 9.17) is 5.73 Å². The number of rotatable bonds is 9. The molecule has 2 aromatic rings. The largest absolute Gasteiger partial charge is 0.370 e. The second-order valence-corrected chi connectivity index (χ2v) is 5.48. The summed E-state index contributed by atoms with van der Waals surface area (Å²) in [4.78, 5) is 8.62. The van der Waals surface area contributed by atoms with Gasteiger partial charge in [0, 0.05) is 6.54 Å². The standard InChI is InChI=1S/C13H19F4N9/c1-9-20-8-25(23-9)4-2-3-5-26-21-6-10(24-26)22-12(18)19-7-13(16,17)11(14)15/h6,8,11H,2-5,7H2,1H3,(H3,18,19,22,24). The molecule has 0 amide bonds. The lowest BCUT2D eigenvalue weighted by atomic mass is 10.3. The van der Waals surface area contributed by atoms with Gasteiger partial charge in [-0.3, -0.25) is 4.68 Å². The third kappa shape index (κ3) is 5.97. The lowest BCUT2D eigenvalue weighted by Gasteiger charge is -2.12. The number of aryl methyl sites for hydroxylation is 3. The van der Waals surface area contributed by atoms with Gasteiger partial charge in [0.15, 0.2) is 11.8 Å². The molecule has 13 heteroatoms. The Morgan fingerprint density at radius 3 is 2.69 bits per heavy atom. The first kappa shape index (κ1) is 19.6. The number of guanidine groups is 1. The number of anilines is 1. The molecule has 0 saturated heterocycles. The van der Waals surface area contributed by atoms with E-state index in [2.05, 4.69) is 30.6 Å². The maximum Gasteiger partial charge on any atom is 0.326 e. The van der Waals surface area contributed by atoms with Gasteiger partial charge in [-0.25, -0.2) is 18.8 Å². The molecule has 2 heterocycles. The highest BCUT2D eigenvalue weighted by atomic mass is 19.3. The molecule has 0 aliphatic carbocycles. The van der Waals surface area contributed by atoms with Crippen molar-refractivity contribution >= 4 is 11.8 Å². The van der Waals surface area contributed by atoms with Gasteiger partial charge in [-0.15, -0.1) is 5.10 Å². The Morgan fingerprint density at radius 1 is 1.31 bits per heavy atom. The monoisotopic (exact) mass is 377 g/mol. The highest BCUT2D eigenvalue weighted by Crippen LogP contribution is 2.22. The van der Waals surface area contributed by atoms with Crippen molar-refractivity contribution in [2.75, 3.05) is 11.9 Å². The number of nitrogens with one attached hydrogen (secondary N) is 1. The maximum absolute atomic E-state index is 12.8. The molecule has 0 aliphatic heterocycles. The fourth-order valence-corrected chi connectivity index (χ4v) is 1.92. The average molecular weight is 377 g/mol. The normalized spacial score (nSPS) is 12.8. The highest BCUT2D eigenvalue weighted by Gasteiger charge is 2.40. The third-order valence-electron chi connectivity index (χ3n) is 3.22. The molecule has 9 nitrogen and oxygen atoms in total. The first-order valence-corrected chi connectivity index (χ1v) is 7.75. The van der Waals surface area contributed by atoms with Gasteiger partial charge in [0.1, 0.15) is 18.7 Å². The summed E-state index contributed by atoms with van der Waals surface area (Å²) in [5.41, 5.74) is 5.38. The van der Waals surface area contributed by atoms with E-state index in [1.54, 1.807) is 11.0 Å². The summed E-state index contributed by atoms with van der Waals surface area (Å²) in [5, 5.41) is 14.6. The fourth-order valence-electron chi connectivity index (χ4n) is 1.92. The van der Waals surface area contributed by atoms with Crippen LogP contribution in [0.2, 0.25) is 0 Å². The molecule has 0 unspecified atom stereocenters. The molecule has 3 N–H and O–H groups in total. The minimum Gasteiger partial charge on any atom is -0.370 e. The van der Waals surface area contributed by atoms with Gasteiger partial charge < -0.3 is 11.1 Å². The predicted molar refractivity (Wildman–Crippen MR) is 85.1 cm³/mol. The van der Waals surface area contributed by atoms with E-state index in [0.717, 1.165) is 12.8 Å². The molecule has 2 rings (SSSR count). The van der Waals surface area contributed by atoms with Crippen LogP contribution in [-0.4, -0.2) is 54.6 Å².